The Morgan fingerprint density at radius 2 is 1.54 bits per heavy atom. The number of rotatable bonds is 1. The Kier molecular flexibility index (Phi) is 2.95. The Bertz CT molecular complexity index is 314. The Morgan fingerprint density at radius 3 is 1.85 bits per heavy atom. The number of hydrogen-bond acceptors (Lipinski definition) is 2. The van der Waals surface area contributed by atoms with Crippen LogP contribution in [0.2, 0.25) is 5.02 Å². The lowest BCUT2D eigenvalue weighted by molar-refractivity contribution is 0.509. The van der Waals surface area contributed by atoms with Crippen LogP contribution in [0.25, 0.3) is 0 Å². The maximum absolute atomic E-state index is 12.7. The second-order valence-corrected chi connectivity index (χ2v) is 4.41. The minimum Gasteiger partial charge on any atom is -0.200 e. The van der Waals surface area contributed by atoms with Crippen LogP contribution in [-0.4, -0.2) is 9.97 Å². The predicted molar refractivity (Wildman–Crippen MR) is 46.0 cm³/mol. The fourth-order valence-electron chi connectivity index (χ4n) is 0.591. The Labute approximate surface area is 87.8 Å². The fraction of sp³-hybridized carbons (Fsp3) is 0.333. The van der Waals surface area contributed by atoms with Gasteiger partial charge in [0.1, 0.15) is 0 Å². The lowest BCUT2D eigenvalue weighted by Gasteiger charge is -2.11. The van der Waals surface area contributed by atoms with Crippen molar-refractivity contribution in [3.63, 3.8) is 0 Å². The first-order chi connectivity index (χ1) is 5.82. The lowest BCUT2D eigenvalue weighted by Crippen LogP contribution is -2.13. The smallest absolute Gasteiger partial charge is 0.200 e. The quantitative estimate of drug-likeness (QED) is 0.563. The van der Waals surface area contributed by atoms with Gasteiger partial charge in [-0.25, -0.2) is 0 Å². The van der Waals surface area contributed by atoms with Gasteiger partial charge in [0.25, 0.3) is 0 Å². The molecule has 1 aromatic heterocycles. The summed E-state index contributed by atoms with van der Waals surface area (Å²) in [4.78, 5) is 6.38. The molecule has 1 heterocycles. The van der Waals surface area contributed by atoms with Crippen LogP contribution in [-0.2, 0) is 4.33 Å². The molecule has 0 saturated carbocycles. The molecule has 1 rings (SSSR count). The molecule has 0 N–H and O–H groups in total. The third-order valence-electron chi connectivity index (χ3n) is 1.16. The number of alkyl halides is 2. The molecule has 1 aromatic rings. The molecule has 0 radical (unpaired) electrons. The molecule has 13 heavy (non-hydrogen) atoms. The highest BCUT2D eigenvalue weighted by atomic mass is 35.5. The molecule has 7 heteroatoms. The van der Waals surface area contributed by atoms with Crippen LogP contribution in [0.5, 0.6) is 0 Å². The van der Waals surface area contributed by atoms with E-state index in [1.807, 2.05) is 0 Å². The molecule has 0 saturated heterocycles. The van der Waals surface area contributed by atoms with Crippen LogP contribution >= 0.6 is 34.8 Å². The summed E-state index contributed by atoms with van der Waals surface area (Å²) >= 11 is 16.2. The van der Waals surface area contributed by atoms with Gasteiger partial charge in [0.05, 0.1) is 0 Å². The minimum absolute atomic E-state index is 0.366. The van der Waals surface area contributed by atoms with Gasteiger partial charge in [-0.05, 0) is 6.92 Å². The molecule has 2 nitrogen and oxygen atoms in total. The van der Waals surface area contributed by atoms with E-state index in [9.17, 15) is 8.78 Å². The first-order valence-corrected chi connectivity index (χ1v) is 4.22. The Balaban J connectivity index is 3.29. The van der Waals surface area contributed by atoms with Crippen LogP contribution in [0, 0.1) is 11.9 Å². The molecule has 0 aliphatic carbocycles. The highest BCUT2D eigenvalue weighted by Crippen LogP contribution is 2.31. The van der Waals surface area contributed by atoms with E-state index in [-0.39, 0.29) is 5.82 Å². The molecule has 0 atom stereocenters. The van der Waals surface area contributed by atoms with Crippen molar-refractivity contribution in [3.05, 3.63) is 22.7 Å². The first kappa shape index (κ1) is 10.9. The maximum Gasteiger partial charge on any atom is 0.238 e. The third-order valence-corrected chi connectivity index (χ3v) is 1.81. The average molecular weight is 247 g/mol. The second-order valence-electron chi connectivity index (χ2n) is 2.33. The minimum atomic E-state index is -1.55. The molecular weight excluding hydrogens is 244 g/mol. The van der Waals surface area contributed by atoms with Crippen LogP contribution in [0.4, 0.5) is 8.78 Å². The first-order valence-electron chi connectivity index (χ1n) is 3.09. The molecule has 0 unspecified atom stereocenters. The van der Waals surface area contributed by atoms with Gasteiger partial charge in [-0.3, -0.25) is 0 Å². The molecule has 0 fully saturated rings. The van der Waals surface area contributed by atoms with Crippen LogP contribution < -0.4 is 0 Å². The van der Waals surface area contributed by atoms with Gasteiger partial charge in [0.15, 0.2) is 15.2 Å². The summed E-state index contributed by atoms with van der Waals surface area (Å²) in [6, 6.07) is 0. The fourth-order valence-corrected chi connectivity index (χ4v) is 0.844. The van der Waals surface area contributed by atoms with E-state index >= 15 is 0 Å². The van der Waals surface area contributed by atoms with E-state index in [4.69, 9.17) is 34.8 Å². The molecule has 0 aliphatic heterocycles. The summed E-state index contributed by atoms with van der Waals surface area (Å²) in [5, 5.41) is -0.777. The summed E-state index contributed by atoms with van der Waals surface area (Å²) in [5.41, 5.74) is 0. The summed E-state index contributed by atoms with van der Waals surface area (Å²) in [5.74, 6) is -2.73. The average Bonchev–Trinajstić information content (AvgIpc) is 1.97. The number of halogens is 5. The van der Waals surface area contributed by atoms with Gasteiger partial charge in [-0.15, -0.1) is 0 Å². The second kappa shape index (κ2) is 3.52. The van der Waals surface area contributed by atoms with Gasteiger partial charge in [0, 0.05) is 0 Å². The summed E-state index contributed by atoms with van der Waals surface area (Å²) in [6.07, 6.45) is 0. The normalized spacial score (nSPS) is 11.8. The molecule has 0 spiro atoms. The van der Waals surface area contributed by atoms with Crippen LogP contribution in [0.1, 0.15) is 12.7 Å². The molecule has 0 aliphatic rings. The van der Waals surface area contributed by atoms with Crippen LogP contribution in [0.3, 0.4) is 0 Å². The van der Waals surface area contributed by atoms with Crippen molar-refractivity contribution >= 4 is 34.8 Å². The zero-order valence-corrected chi connectivity index (χ0v) is 8.55. The summed E-state index contributed by atoms with van der Waals surface area (Å²) < 4.78 is 23.9. The highest BCUT2D eigenvalue weighted by molar-refractivity contribution is 6.47. The van der Waals surface area contributed by atoms with Gasteiger partial charge in [-0.2, -0.15) is 18.7 Å². The molecule has 0 bridgehead atoms. The SMILES string of the molecule is CC(Cl)(Cl)c1nc(F)c(Cl)c(F)n1. The monoisotopic (exact) mass is 246 g/mol. The van der Waals surface area contributed by atoms with E-state index in [2.05, 4.69) is 9.97 Å². The molecular formula is C6H3Cl3F2N2. The Morgan fingerprint density at radius 1 is 1.15 bits per heavy atom. The van der Waals surface area contributed by atoms with E-state index < -0.39 is 21.3 Å². The lowest BCUT2D eigenvalue weighted by atomic mass is 10.4. The van der Waals surface area contributed by atoms with Gasteiger partial charge >= 0.3 is 0 Å². The molecule has 0 aromatic carbocycles. The van der Waals surface area contributed by atoms with Crippen LogP contribution in [0.15, 0.2) is 0 Å². The molecule has 0 amide bonds. The zero-order chi connectivity index (χ0) is 10.2. The van der Waals surface area contributed by atoms with Crippen molar-refractivity contribution in [2.45, 2.75) is 11.3 Å². The Hall–Kier alpha value is -0.190. The standard InChI is InChI=1S/C6H3Cl3F2N2/c1-6(8,9)5-12-3(10)2(7)4(11)13-5/h1H3. The largest absolute Gasteiger partial charge is 0.238 e. The van der Waals surface area contributed by atoms with Crippen molar-refractivity contribution in [1.82, 2.24) is 9.97 Å². The topological polar surface area (TPSA) is 25.8 Å². The van der Waals surface area contributed by atoms with Gasteiger partial charge in [0.2, 0.25) is 11.9 Å². The predicted octanol–water partition coefficient (Wildman–Crippen LogP) is 3.06. The molecule has 72 valence electrons. The van der Waals surface area contributed by atoms with E-state index in [1.165, 1.54) is 6.92 Å². The third kappa shape index (κ3) is 2.39. The van der Waals surface area contributed by atoms with Crippen molar-refractivity contribution in [2.75, 3.05) is 0 Å². The maximum atomic E-state index is 12.7. The summed E-state index contributed by atoms with van der Waals surface area (Å²) in [7, 11) is 0. The zero-order valence-electron chi connectivity index (χ0n) is 6.28. The van der Waals surface area contributed by atoms with Crippen molar-refractivity contribution < 1.29 is 8.78 Å². The van der Waals surface area contributed by atoms with E-state index in [0.29, 0.717) is 0 Å². The van der Waals surface area contributed by atoms with Crippen molar-refractivity contribution in [1.29, 1.82) is 0 Å². The van der Waals surface area contributed by atoms with Gasteiger partial charge in [-0.1, -0.05) is 34.8 Å². The van der Waals surface area contributed by atoms with Gasteiger partial charge < -0.3 is 0 Å². The number of nitrogens with zero attached hydrogens (tertiary/aromatic N) is 2. The highest BCUT2D eigenvalue weighted by Gasteiger charge is 2.26. The van der Waals surface area contributed by atoms with E-state index in [0.717, 1.165) is 0 Å². The number of aromatic nitrogens is 2. The van der Waals surface area contributed by atoms with E-state index in [1.54, 1.807) is 0 Å². The number of hydrogen-bond donors (Lipinski definition) is 0. The van der Waals surface area contributed by atoms with Crippen molar-refractivity contribution in [2.24, 2.45) is 0 Å². The summed E-state index contributed by atoms with van der Waals surface area (Å²) in [6.45, 7) is 1.29. The van der Waals surface area contributed by atoms with Crippen molar-refractivity contribution in [3.8, 4) is 0 Å².